The van der Waals surface area contributed by atoms with Crippen molar-refractivity contribution >= 4 is 46.6 Å². The minimum Gasteiger partial charge on any atom is -0.295 e. The van der Waals surface area contributed by atoms with Crippen LogP contribution in [0.15, 0.2) is 42.5 Å². The summed E-state index contributed by atoms with van der Waals surface area (Å²) in [6, 6.07) is 13.5. The van der Waals surface area contributed by atoms with Crippen LogP contribution in [0.25, 0.3) is 0 Å². The van der Waals surface area contributed by atoms with Crippen LogP contribution in [-0.4, -0.2) is 11.7 Å². The fourth-order valence-electron chi connectivity index (χ4n) is 2.32. The molecule has 0 aromatic heterocycles. The lowest BCUT2D eigenvalue weighted by molar-refractivity contribution is -0.115. The van der Waals surface area contributed by atoms with Crippen LogP contribution in [0.3, 0.4) is 0 Å². The van der Waals surface area contributed by atoms with Crippen LogP contribution in [0.4, 0.5) is 5.69 Å². The second-order valence-electron chi connectivity index (χ2n) is 4.94. The summed E-state index contributed by atoms with van der Waals surface area (Å²) in [6.45, 7) is 2.03. The summed E-state index contributed by atoms with van der Waals surface area (Å²) < 4.78 is 0. The highest BCUT2D eigenvalue weighted by molar-refractivity contribution is 8.00. The van der Waals surface area contributed by atoms with Gasteiger partial charge in [-0.3, -0.25) is 9.69 Å². The minimum absolute atomic E-state index is 0.0602. The van der Waals surface area contributed by atoms with Gasteiger partial charge in [-0.25, -0.2) is 0 Å². The largest absolute Gasteiger partial charge is 0.295 e. The van der Waals surface area contributed by atoms with Gasteiger partial charge in [-0.15, -0.1) is 11.8 Å². The molecule has 0 radical (unpaired) electrons. The molecule has 0 spiro atoms. The van der Waals surface area contributed by atoms with Crippen molar-refractivity contribution in [1.29, 1.82) is 0 Å². The molecule has 2 aromatic rings. The van der Waals surface area contributed by atoms with E-state index in [0.29, 0.717) is 15.8 Å². The average Bonchev–Trinajstić information content (AvgIpc) is 2.85. The van der Waals surface area contributed by atoms with Gasteiger partial charge in [0.2, 0.25) is 5.91 Å². The average molecular weight is 338 g/mol. The summed E-state index contributed by atoms with van der Waals surface area (Å²) >= 11 is 13.7. The summed E-state index contributed by atoms with van der Waals surface area (Å²) in [5, 5.41) is 0.976. The van der Waals surface area contributed by atoms with Crippen molar-refractivity contribution in [1.82, 2.24) is 0 Å². The lowest BCUT2D eigenvalue weighted by atomic mass is 10.1. The molecule has 1 aliphatic rings. The second kappa shape index (κ2) is 5.91. The van der Waals surface area contributed by atoms with Crippen LogP contribution in [0.1, 0.15) is 16.5 Å². The molecule has 1 amide bonds. The first-order chi connectivity index (χ1) is 10.1. The number of rotatable bonds is 2. The molecular formula is C16H13Cl2NOS. The Morgan fingerprint density at radius 3 is 2.48 bits per heavy atom. The maximum atomic E-state index is 12.2. The van der Waals surface area contributed by atoms with Gasteiger partial charge in [0.15, 0.2) is 0 Å². The standard InChI is InChI=1S/C16H13Cl2NOS/c1-10-2-5-12(6-3-10)19-15(20)9-21-16(19)11-4-7-13(17)14(18)8-11/h2-8,16H,9H2,1H3. The number of nitrogens with zero attached hydrogens (tertiary/aromatic N) is 1. The molecule has 0 bridgehead atoms. The fraction of sp³-hybridized carbons (Fsp3) is 0.188. The number of hydrogen-bond donors (Lipinski definition) is 0. The van der Waals surface area contributed by atoms with Gasteiger partial charge in [-0.2, -0.15) is 0 Å². The Labute approximate surface area is 138 Å². The molecule has 2 nitrogen and oxygen atoms in total. The monoisotopic (exact) mass is 337 g/mol. The van der Waals surface area contributed by atoms with Crippen molar-refractivity contribution in [3.8, 4) is 0 Å². The molecule has 0 saturated carbocycles. The minimum atomic E-state index is -0.0602. The number of anilines is 1. The molecule has 1 aliphatic heterocycles. The number of carbonyl (C=O) groups is 1. The van der Waals surface area contributed by atoms with Crippen LogP contribution in [0, 0.1) is 6.92 Å². The topological polar surface area (TPSA) is 20.3 Å². The van der Waals surface area contributed by atoms with Gasteiger partial charge in [-0.05, 0) is 36.8 Å². The van der Waals surface area contributed by atoms with Gasteiger partial charge in [0.25, 0.3) is 0 Å². The molecule has 108 valence electrons. The lowest BCUT2D eigenvalue weighted by Crippen LogP contribution is -2.27. The molecule has 0 N–H and O–H groups in total. The molecule has 1 atom stereocenters. The maximum Gasteiger partial charge on any atom is 0.238 e. The van der Waals surface area contributed by atoms with Crippen molar-refractivity contribution in [2.45, 2.75) is 12.3 Å². The fourth-order valence-corrected chi connectivity index (χ4v) is 3.79. The van der Waals surface area contributed by atoms with Crippen LogP contribution in [0.2, 0.25) is 10.0 Å². The van der Waals surface area contributed by atoms with Gasteiger partial charge < -0.3 is 0 Å². The molecule has 21 heavy (non-hydrogen) atoms. The Hall–Kier alpha value is -1.16. The van der Waals surface area contributed by atoms with E-state index in [2.05, 4.69) is 0 Å². The first-order valence-corrected chi connectivity index (χ1v) is 8.32. The van der Waals surface area contributed by atoms with Crippen molar-refractivity contribution in [2.75, 3.05) is 10.7 Å². The summed E-state index contributed by atoms with van der Waals surface area (Å²) in [7, 11) is 0. The Morgan fingerprint density at radius 2 is 1.81 bits per heavy atom. The molecule has 3 rings (SSSR count). The highest BCUT2D eigenvalue weighted by atomic mass is 35.5. The summed E-state index contributed by atoms with van der Waals surface area (Å²) in [4.78, 5) is 14.1. The van der Waals surface area contributed by atoms with Crippen LogP contribution >= 0.6 is 35.0 Å². The lowest BCUT2D eigenvalue weighted by Gasteiger charge is -2.24. The second-order valence-corrected chi connectivity index (χ2v) is 6.82. The van der Waals surface area contributed by atoms with E-state index in [1.807, 2.05) is 48.2 Å². The number of carbonyl (C=O) groups excluding carboxylic acids is 1. The van der Waals surface area contributed by atoms with Gasteiger partial charge in [0, 0.05) is 5.69 Å². The Kier molecular flexibility index (Phi) is 4.16. The molecular weight excluding hydrogens is 325 g/mol. The Morgan fingerprint density at radius 1 is 1.10 bits per heavy atom. The summed E-state index contributed by atoms with van der Waals surface area (Å²) in [6.07, 6.45) is 0. The van der Waals surface area contributed by atoms with E-state index in [1.165, 1.54) is 5.56 Å². The normalized spacial score (nSPS) is 18.3. The predicted octanol–water partition coefficient (Wildman–Crippen LogP) is 5.08. The van der Waals surface area contributed by atoms with E-state index < -0.39 is 0 Å². The predicted molar refractivity (Wildman–Crippen MR) is 90.3 cm³/mol. The highest BCUT2D eigenvalue weighted by Crippen LogP contribution is 2.42. The van der Waals surface area contributed by atoms with E-state index in [9.17, 15) is 4.79 Å². The third-order valence-corrected chi connectivity index (χ3v) is 5.36. The molecule has 5 heteroatoms. The number of amides is 1. The first kappa shape index (κ1) is 14.8. The zero-order valence-corrected chi connectivity index (χ0v) is 13.7. The number of aryl methyl sites for hydroxylation is 1. The molecule has 1 fully saturated rings. The number of thioether (sulfide) groups is 1. The van der Waals surface area contributed by atoms with E-state index in [-0.39, 0.29) is 11.3 Å². The van der Waals surface area contributed by atoms with Crippen molar-refractivity contribution in [3.63, 3.8) is 0 Å². The smallest absolute Gasteiger partial charge is 0.238 e. The molecule has 1 heterocycles. The first-order valence-electron chi connectivity index (χ1n) is 6.51. The van der Waals surface area contributed by atoms with E-state index in [1.54, 1.807) is 17.8 Å². The van der Waals surface area contributed by atoms with Crippen LogP contribution < -0.4 is 4.90 Å². The van der Waals surface area contributed by atoms with Gasteiger partial charge in [0.05, 0.1) is 15.8 Å². The van der Waals surface area contributed by atoms with Gasteiger partial charge in [-0.1, -0.05) is 47.0 Å². The summed E-state index contributed by atoms with van der Waals surface area (Å²) in [5.74, 6) is 0.582. The summed E-state index contributed by atoms with van der Waals surface area (Å²) in [5.41, 5.74) is 3.07. The van der Waals surface area contributed by atoms with Crippen molar-refractivity contribution in [2.24, 2.45) is 0 Å². The SMILES string of the molecule is Cc1ccc(N2C(=O)CSC2c2ccc(Cl)c(Cl)c2)cc1. The van der Waals surface area contributed by atoms with Crippen molar-refractivity contribution in [3.05, 3.63) is 63.6 Å². The van der Waals surface area contributed by atoms with E-state index >= 15 is 0 Å². The molecule has 0 aliphatic carbocycles. The zero-order chi connectivity index (χ0) is 15.0. The number of hydrogen-bond acceptors (Lipinski definition) is 2. The van der Waals surface area contributed by atoms with Gasteiger partial charge >= 0.3 is 0 Å². The molecule has 2 aromatic carbocycles. The molecule has 1 saturated heterocycles. The van der Waals surface area contributed by atoms with E-state index in [4.69, 9.17) is 23.2 Å². The zero-order valence-electron chi connectivity index (χ0n) is 11.3. The Bertz CT molecular complexity index is 687. The highest BCUT2D eigenvalue weighted by Gasteiger charge is 2.34. The van der Waals surface area contributed by atoms with Crippen LogP contribution in [-0.2, 0) is 4.79 Å². The number of benzene rings is 2. The quantitative estimate of drug-likeness (QED) is 0.761. The van der Waals surface area contributed by atoms with E-state index in [0.717, 1.165) is 11.3 Å². The maximum absolute atomic E-state index is 12.2. The third kappa shape index (κ3) is 2.91. The van der Waals surface area contributed by atoms with Crippen LogP contribution in [0.5, 0.6) is 0 Å². The van der Waals surface area contributed by atoms with Gasteiger partial charge in [0.1, 0.15) is 5.37 Å². The number of halogens is 2. The van der Waals surface area contributed by atoms with Crippen molar-refractivity contribution < 1.29 is 4.79 Å². The third-order valence-electron chi connectivity index (χ3n) is 3.41. The molecule has 1 unspecified atom stereocenters. The Balaban J connectivity index is 1.99.